The predicted octanol–water partition coefficient (Wildman–Crippen LogP) is 3.57. The average molecular weight is 261 g/mol. The van der Waals surface area contributed by atoms with Crippen LogP contribution in [0.5, 0.6) is 0 Å². The SMILES string of the molecule is CC(C)c1ccccc1/C=N/CC(=O)OC(C)(C)C. The van der Waals surface area contributed by atoms with Crippen molar-refractivity contribution in [2.45, 2.75) is 46.1 Å². The van der Waals surface area contributed by atoms with E-state index in [0.29, 0.717) is 5.92 Å². The van der Waals surface area contributed by atoms with Crippen LogP contribution >= 0.6 is 0 Å². The van der Waals surface area contributed by atoms with Crippen LogP contribution < -0.4 is 0 Å². The van der Waals surface area contributed by atoms with Crippen LogP contribution in [0.2, 0.25) is 0 Å². The molecule has 0 atom stereocenters. The molecule has 0 aliphatic rings. The Balaban J connectivity index is 2.65. The van der Waals surface area contributed by atoms with E-state index in [1.807, 2.05) is 39.0 Å². The predicted molar refractivity (Wildman–Crippen MR) is 78.8 cm³/mol. The number of nitrogens with zero attached hydrogens (tertiary/aromatic N) is 1. The van der Waals surface area contributed by atoms with E-state index in [1.165, 1.54) is 5.56 Å². The zero-order valence-corrected chi connectivity index (χ0v) is 12.4. The van der Waals surface area contributed by atoms with Crippen molar-refractivity contribution in [1.82, 2.24) is 0 Å². The third-order valence-electron chi connectivity index (χ3n) is 2.49. The molecule has 1 aromatic carbocycles. The van der Waals surface area contributed by atoms with Crippen molar-refractivity contribution in [2.75, 3.05) is 6.54 Å². The number of hydrogen-bond acceptors (Lipinski definition) is 3. The van der Waals surface area contributed by atoms with Crippen molar-refractivity contribution in [3.05, 3.63) is 35.4 Å². The minimum Gasteiger partial charge on any atom is -0.459 e. The van der Waals surface area contributed by atoms with Crippen molar-refractivity contribution >= 4 is 12.2 Å². The smallest absolute Gasteiger partial charge is 0.328 e. The molecule has 0 N–H and O–H groups in total. The molecule has 0 fully saturated rings. The van der Waals surface area contributed by atoms with Crippen LogP contribution in [0.15, 0.2) is 29.3 Å². The molecule has 0 radical (unpaired) electrons. The van der Waals surface area contributed by atoms with Gasteiger partial charge in [0.15, 0.2) is 0 Å². The second-order valence-electron chi connectivity index (χ2n) is 5.84. The first kappa shape index (κ1) is 15.4. The minimum absolute atomic E-state index is 0.0592. The molecule has 0 saturated heterocycles. The summed E-state index contributed by atoms with van der Waals surface area (Å²) < 4.78 is 5.20. The first-order chi connectivity index (χ1) is 8.79. The number of carbonyl (C=O) groups excluding carboxylic acids is 1. The third-order valence-corrected chi connectivity index (χ3v) is 2.49. The Morgan fingerprint density at radius 1 is 1.32 bits per heavy atom. The van der Waals surface area contributed by atoms with Gasteiger partial charge in [-0.15, -0.1) is 0 Å². The van der Waals surface area contributed by atoms with E-state index in [0.717, 1.165) is 5.56 Å². The van der Waals surface area contributed by atoms with Crippen molar-refractivity contribution in [2.24, 2.45) is 4.99 Å². The van der Waals surface area contributed by atoms with Crippen molar-refractivity contribution < 1.29 is 9.53 Å². The van der Waals surface area contributed by atoms with Crippen LogP contribution in [0.1, 0.15) is 51.7 Å². The normalized spacial score (nSPS) is 12.1. The number of esters is 1. The van der Waals surface area contributed by atoms with Crippen LogP contribution in [-0.4, -0.2) is 24.3 Å². The monoisotopic (exact) mass is 261 g/mol. The number of carbonyl (C=O) groups is 1. The highest BCUT2D eigenvalue weighted by Gasteiger charge is 2.15. The van der Waals surface area contributed by atoms with Gasteiger partial charge in [-0.05, 0) is 37.8 Å². The van der Waals surface area contributed by atoms with E-state index in [-0.39, 0.29) is 12.5 Å². The highest BCUT2D eigenvalue weighted by atomic mass is 16.6. The molecule has 0 heterocycles. The van der Waals surface area contributed by atoms with E-state index < -0.39 is 5.60 Å². The molecule has 1 aromatic rings. The quantitative estimate of drug-likeness (QED) is 0.614. The molecule has 0 amide bonds. The van der Waals surface area contributed by atoms with Gasteiger partial charge in [-0.25, -0.2) is 0 Å². The minimum atomic E-state index is -0.456. The maximum Gasteiger partial charge on any atom is 0.328 e. The summed E-state index contributed by atoms with van der Waals surface area (Å²) in [5.41, 5.74) is 1.83. The Hall–Kier alpha value is -1.64. The zero-order chi connectivity index (χ0) is 14.5. The zero-order valence-electron chi connectivity index (χ0n) is 12.4. The van der Waals surface area contributed by atoms with E-state index in [4.69, 9.17) is 4.74 Å². The van der Waals surface area contributed by atoms with Crippen molar-refractivity contribution in [1.29, 1.82) is 0 Å². The van der Waals surface area contributed by atoms with Crippen LogP contribution in [0.25, 0.3) is 0 Å². The number of benzene rings is 1. The highest BCUT2D eigenvalue weighted by molar-refractivity contribution is 5.84. The lowest BCUT2D eigenvalue weighted by Gasteiger charge is -2.18. The molecule has 1 rings (SSSR count). The molecule has 0 unspecified atom stereocenters. The van der Waals surface area contributed by atoms with E-state index >= 15 is 0 Å². The summed E-state index contributed by atoms with van der Waals surface area (Å²) in [6, 6.07) is 8.08. The fourth-order valence-corrected chi connectivity index (χ4v) is 1.75. The average Bonchev–Trinajstić information content (AvgIpc) is 2.27. The Kier molecular flexibility index (Phi) is 5.28. The van der Waals surface area contributed by atoms with Gasteiger partial charge >= 0.3 is 5.97 Å². The molecule has 3 heteroatoms. The molecule has 3 nitrogen and oxygen atoms in total. The van der Waals surface area contributed by atoms with Gasteiger partial charge in [0, 0.05) is 6.21 Å². The van der Waals surface area contributed by atoms with Gasteiger partial charge in [0.05, 0.1) is 0 Å². The molecule has 0 bridgehead atoms. The van der Waals surface area contributed by atoms with Gasteiger partial charge in [-0.2, -0.15) is 0 Å². The van der Waals surface area contributed by atoms with Gasteiger partial charge in [-0.3, -0.25) is 9.79 Å². The van der Waals surface area contributed by atoms with Crippen LogP contribution in [0.3, 0.4) is 0 Å². The number of rotatable bonds is 4. The van der Waals surface area contributed by atoms with E-state index in [9.17, 15) is 4.79 Å². The van der Waals surface area contributed by atoms with Gasteiger partial charge < -0.3 is 4.74 Å². The molecule has 0 aliphatic carbocycles. The molecular weight excluding hydrogens is 238 g/mol. The lowest BCUT2D eigenvalue weighted by Crippen LogP contribution is -2.25. The van der Waals surface area contributed by atoms with Crippen LogP contribution in [0.4, 0.5) is 0 Å². The van der Waals surface area contributed by atoms with Gasteiger partial charge in [0.25, 0.3) is 0 Å². The third kappa shape index (κ3) is 5.69. The van der Waals surface area contributed by atoms with Crippen molar-refractivity contribution in [3.8, 4) is 0 Å². The molecule has 104 valence electrons. The molecule has 0 spiro atoms. The Morgan fingerprint density at radius 2 is 1.95 bits per heavy atom. The molecule has 0 saturated carbocycles. The van der Waals surface area contributed by atoms with Gasteiger partial charge in [0.1, 0.15) is 12.1 Å². The molecule has 19 heavy (non-hydrogen) atoms. The standard InChI is InChI=1S/C16H23NO2/c1-12(2)14-9-7-6-8-13(14)10-17-11-15(18)19-16(3,4)5/h6-10,12H,11H2,1-5H3/b17-10+. The molecule has 0 aliphatic heterocycles. The summed E-state index contributed by atoms with van der Waals surface area (Å²) in [6.07, 6.45) is 1.75. The van der Waals surface area contributed by atoms with Crippen molar-refractivity contribution in [3.63, 3.8) is 0 Å². The topological polar surface area (TPSA) is 38.7 Å². The first-order valence-electron chi connectivity index (χ1n) is 6.60. The fraction of sp³-hybridized carbons (Fsp3) is 0.500. The molecule has 0 aromatic heterocycles. The highest BCUT2D eigenvalue weighted by Crippen LogP contribution is 2.17. The number of hydrogen-bond donors (Lipinski definition) is 0. The van der Waals surface area contributed by atoms with Crippen LogP contribution in [0, 0.1) is 0 Å². The summed E-state index contributed by atoms with van der Waals surface area (Å²) in [5.74, 6) is 0.134. The Bertz CT molecular complexity index is 456. The van der Waals surface area contributed by atoms with Gasteiger partial charge in [0.2, 0.25) is 0 Å². The van der Waals surface area contributed by atoms with E-state index in [2.05, 4.69) is 24.9 Å². The molecular formula is C16H23NO2. The largest absolute Gasteiger partial charge is 0.459 e. The number of ether oxygens (including phenoxy) is 1. The fourth-order valence-electron chi connectivity index (χ4n) is 1.75. The second kappa shape index (κ2) is 6.50. The summed E-state index contributed by atoms with van der Waals surface area (Å²) in [5, 5.41) is 0. The van der Waals surface area contributed by atoms with Crippen LogP contribution in [-0.2, 0) is 9.53 Å². The Morgan fingerprint density at radius 3 is 2.53 bits per heavy atom. The number of aliphatic imine (C=N–C) groups is 1. The lowest BCUT2D eigenvalue weighted by molar-refractivity contribution is -0.152. The summed E-state index contributed by atoms with van der Waals surface area (Å²) in [4.78, 5) is 15.7. The second-order valence-corrected chi connectivity index (χ2v) is 5.84. The summed E-state index contributed by atoms with van der Waals surface area (Å²) in [7, 11) is 0. The maximum absolute atomic E-state index is 11.5. The van der Waals surface area contributed by atoms with E-state index in [1.54, 1.807) is 6.21 Å². The maximum atomic E-state index is 11.5. The van der Waals surface area contributed by atoms with Gasteiger partial charge in [-0.1, -0.05) is 38.1 Å². The first-order valence-corrected chi connectivity index (χ1v) is 6.60. The Labute approximate surface area is 115 Å². The summed E-state index contributed by atoms with van der Waals surface area (Å²) >= 11 is 0. The summed E-state index contributed by atoms with van der Waals surface area (Å²) in [6.45, 7) is 9.89. The lowest BCUT2D eigenvalue weighted by atomic mass is 9.98.